The molecule has 0 saturated heterocycles. The number of hydrogen-bond acceptors (Lipinski definition) is 8. The van der Waals surface area contributed by atoms with Crippen LogP contribution in [-0.2, 0) is 17.8 Å². The molecule has 29 heavy (non-hydrogen) atoms. The highest BCUT2D eigenvalue weighted by Gasteiger charge is 2.65. The van der Waals surface area contributed by atoms with E-state index in [-0.39, 0.29) is 41.4 Å². The first-order valence-corrected chi connectivity index (χ1v) is 9.22. The Hall–Kier alpha value is -2.52. The number of ether oxygens (including phenoxy) is 3. The number of fused-ring (bicyclic) bond motifs is 5. The Morgan fingerprint density at radius 2 is 1.86 bits per heavy atom. The normalized spacial score (nSPS) is 25.9. The summed E-state index contributed by atoms with van der Waals surface area (Å²) in [7, 11) is 1.45. The van der Waals surface area contributed by atoms with Crippen molar-refractivity contribution < 1.29 is 39.7 Å². The van der Waals surface area contributed by atoms with E-state index in [2.05, 4.69) is 0 Å². The van der Waals surface area contributed by atoms with E-state index in [0.717, 1.165) is 0 Å². The minimum atomic E-state index is -2.17. The minimum absolute atomic E-state index is 0.0364. The van der Waals surface area contributed by atoms with Gasteiger partial charge in [-0.25, -0.2) is 0 Å². The van der Waals surface area contributed by atoms with Crippen molar-refractivity contribution in [3.8, 4) is 23.0 Å². The van der Waals surface area contributed by atoms with Crippen LogP contribution in [0.15, 0.2) is 30.3 Å². The topological polar surface area (TPSA) is 129 Å². The van der Waals surface area contributed by atoms with Gasteiger partial charge in [0.25, 0.3) is 5.79 Å². The SMILES string of the molecule is COc1ccc2c(c1C[C@H](O)C(C)(C)O)O[C@@]1(O)c3ccc(O)cc3OC[C@@]21O. The molecule has 0 saturated carbocycles. The smallest absolute Gasteiger partial charge is 0.275 e. The van der Waals surface area contributed by atoms with Gasteiger partial charge < -0.3 is 39.7 Å². The third-order valence-electron chi connectivity index (χ3n) is 5.67. The van der Waals surface area contributed by atoms with Crippen LogP contribution in [-0.4, -0.2) is 51.0 Å². The van der Waals surface area contributed by atoms with E-state index in [9.17, 15) is 25.5 Å². The number of aliphatic hydroxyl groups excluding tert-OH is 1. The lowest BCUT2D eigenvalue weighted by Gasteiger charge is -2.40. The fraction of sp³-hybridized carbons (Fsp3) is 0.429. The molecule has 0 fully saturated rings. The van der Waals surface area contributed by atoms with Gasteiger partial charge in [-0.2, -0.15) is 0 Å². The highest BCUT2D eigenvalue weighted by molar-refractivity contribution is 5.60. The van der Waals surface area contributed by atoms with Crippen LogP contribution in [0.3, 0.4) is 0 Å². The Kier molecular flexibility index (Phi) is 4.25. The molecule has 0 radical (unpaired) electrons. The molecule has 2 heterocycles. The quantitative estimate of drug-likeness (QED) is 0.508. The molecule has 0 amide bonds. The van der Waals surface area contributed by atoms with E-state index in [0.29, 0.717) is 11.3 Å². The molecule has 0 aromatic heterocycles. The predicted molar refractivity (Wildman–Crippen MR) is 101 cm³/mol. The third-order valence-corrected chi connectivity index (χ3v) is 5.67. The summed E-state index contributed by atoms with van der Waals surface area (Å²) < 4.78 is 16.9. The van der Waals surface area contributed by atoms with Crippen LogP contribution in [0.25, 0.3) is 0 Å². The molecule has 8 heteroatoms. The highest BCUT2D eigenvalue weighted by Crippen LogP contribution is 2.58. The zero-order valence-corrected chi connectivity index (χ0v) is 16.3. The van der Waals surface area contributed by atoms with E-state index in [1.165, 1.54) is 39.2 Å². The fourth-order valence-corrected chi connectivity index (χ4v) is 3.84. The van der Waals surface area contributed by atoms with Crippen molar-refractivity contribution in [1.82, 2.24) is 0 Å². The first-order valence-electron chi connectivity index (χ1n) is 9.22. The summed E-state index contributed by atoms with van der Waals surface area (Å²) in [5.41, 5.74) is -2.48. The first kappa shape index (κ1) is 19.8. The minimum Gasteiger partial charge on any atom is -0.508 e. The lowest BCUT2D eigenvalue weighted by molar-refractivity contribution is -0.272. The van der Waals surface area contributed by atoms with Gasteiger partial charge in [0.2, 0.25) is 0 Å². The largest absolute Gasteiger partial charge is 0.508 e. The van der Waals surface area contributed by atoms with Gasteiger partial charge in [-0.1, -0.05) is 0 Å². The molecular weight excluding hydrogens is 380 g/mol. The number of phenols is 1. The van der Waals surface area contributed by atoms with E-state index >= 15 is 0 Å². The number of aliphatic hydroxyl groups is 4. The predicted octanol–water partition coefficient (Wildman–Crippen LogP) is 0.893. The Balaban J connectivity index is 1.87. The van der Waals surface area contributed by atoms with E-state index in [4.69, 9.17) is 14.2 Å². The lowest BCUT2D eigenvalue weighted by atomic mass is 9.81. The number of hydrogen-bond donors (Lipinski definition) is 5. The third kappa shape index (κ3) is 2.75. The molecule has 0 unspecified atom stereocenters. The Morgan fingerprint density at radius 1 is 1.17 bits per heavy atom. The summed E-state index contributed by atoms with van der Waals surface area (Å²) in [6.07, 6.45) is -1.19. The summed E-state index contributed by atoms with van der Waals surface area (Å²) in [6.45, 7) is 2.64. The Labute approximate surface area is 167 Å². The van der Waals surface area contributed by atoms with E-state index < -0.39 is 23.1 Å². The number of methoxy groups -OCH3 is 1. The zero-order valence-electron chi connectivity index (χ0n) is 16.3. The summed E-state index contributed by atoms with van der Waals surface area (Å²) in [5.74, 6) is -1.50. The lowest BCUT2D eigenvalue weighted by Crippen LogP contribution is -2.55. The molecule has 0 bridgehead atoms. The van der Waals surface area contributed by atoms with Crippen LogP contribution < -0.4 is 14.2 Å². The molecule has 4 rings (SSSR count). The Morgan fingerprint density at radius 3 is 2.52 bits per heavy atom. The highest BCUT2D eigenvalue weighted by atomic mass is 16.7. The molecule has 2 aromatic rings. The van der Waals surface area contributed by atoms with Crippen molar-refractivity contribution in [2.24, 2.45) is 0 Å². The second-order valence-corrected chi connectivity index (χ2v) is 8.07. The number of phenolic OH excluding ortho intramolecular Hbond substituents is 1. The monoisotopic (exact) mass is 404 g/mol. The summed E-state index contributed by atoms with van der Waals surface area (Å²) in [6, 6.07) is 7.28. The summed E-state index contributed by atoms with van der Waals surface area (Å²) >= 11 is 0. The maximum absolute atomic E-state index is 11.4. The average molecular weight is 404 g/mol. The number of rotatable bonds is 4. The Bertz CT molecular complexity index is 966. The molecule has 2 aliphatic heterocycles. The number of aromatic hydroxyl groups is 1. The maximum Gasteiger partial charge on any atom is 0.275 e. The molecule has 8 nitrogen and oxygen atoms in total. The van der Waals surface area contributed by atoms with Crippen molar-refractivity contribution in [2.75, 3.05) is 13.7 Å². The average Bonchev–Trinajstić information content (AvgIpc) is 2.89. The van der Waals surface area contributed by atoms with Crippen LogP contribution in [0.1, 0.15) is 30.5 Å². The summed E-state index contributed by atoms with van der Waals surface area (Å²) in [4.78, 5) is 0. The van der Waals surface area contributed by atoms with Gasteiger partial charge in [0.15, 0.2) is 5.60 Å². The van der Waals surface area contributed by atoms with Crippen molar-refractivity contribution in [3.05, 3.63) is 47.0 Å². The second-order valence-electron chi connectivity index (χ2n) is 8.07. The second kappa shape index (κ2) is 6.24. The van der Waals surface area contributed by atoms with Crippen molar-refractivity contribution in [3.63, 3.8) is 0 Å². The zero-order chi connectivity index (χ0) is 21.2. The molecule has 0 aliphatic carbocycles. The van der Waals surface area contributed by atoms with Gasteiger partial charge in [0, 0.05) is 23.6 Å². The van der Waals surface area contributed by atoms with Gasteiger partial charge in [-0.05, 0) is 38.1 Å². The number of benzene rings is 2. The van der Waals surface area contributed by atoms with Crippen LogP contribution in [0.5, 0.6) is 23.0 Å². The van der Waals surface area contributed by atoms with Crippen LogP contribution in [0.4, 0.5) is 0 Å². The van der Waals surface area contributed by atoms with Gasteiger partial charge in [0.1, 0.15) is 29.6 Å². The maximum atomic E-state index is 11.4. The van der Waals surface area contributed by atoms with Crippen molar-refractivity contribution in [2.45, 2.75) is 43.4 Å². The van der Waals surface area contributed by atoms with Crippen molar-refractivity contribution >= 4 is 0 Å². The van der Waals surface area contributed by atoms with Crippen molar-refractivity contribution in [1.29, 1.82) is 0 Å². The molecule has 0 spiro atoms. The van der Waals surface area contributed by atoms with Gasteiger partial charge in [-0.15, -0.1) is 0 Å². The molecule has 3 atom stereocenters. The standard InChI is InChI=1S/C21H24O8/c1-19(2,24)17(23)9-12-15(27-3)7-6-14-18(12)29-21(26)13-5-4-11(22)8-16(13)28-10-20(14,21)25/h4-8,17,22-26H,9-10H2,1-3H3/t17-,20+,21-/m0/s1. The van der Waals surface area contributed by atoms with E-state index in [1.54, 1.807) is 12.1 Å². The molecule has 2 aromatic carbocycles. The fourth-order valence-electron chi connectivity index (χ4n) is 3.84. The molecule has 5 N–H and O–H groups in total. The van der Waals surface area contributed by atoms with E-state index in [1.807, 2.05) is 0 Å². The van der Waals surface area contributed by atoms with Crippen LogP contribution >= 0.6 is 0 Å². The molecular formula is C21H24O8. The van der Waals surface area contributed by atoms with Gasteiger partial charge in [0.05, 0.1) is 24.4 Å². The molecule has 2 aliphatic rings. The summed E-state index contributed by atoms with van der Waals surface area (Å²) in [5, 5.41) is 53.1. The van der Waals surface area contributed by atoms with Gasteiger partial charge >= 0.3 is 0 Å². The molecule has 156 valence electrons. The van der Waals surface area contributed by atoms with Crippen LogP contribution in [0, 0.1) is 0 Å². The van der Waals surface area contributed by atoms with Gasteiger partial charge in [-0.3, -0.25) is 0 Å². The first-order chi connectivity index (χ1) is 13.5. The van der Waals surface area contributed by atoms with Crippen LogP contribution in [0.2, 0.25) is 0 Å².